The molecule has 164 valence electrons. The van der Waals surface area contributed by atoms with Gasteiger partial charge in [0.15, 0.2) is 6.61 Å². The normalized spacial score (nSPS) is 18.9. The summed E-state index contributed by atoms with van der Waals surface area (Å²) in [5, 5.41) is 2.94. The van der Waals surface area contributed by atoms with Crippen LogP contribution in [0.15, 0.2) is 53.4 Å². The van der Waals surface area contributed by atoms with Gasteiger partial charge >= 0.3 is 5.97 Å². The van der Waals surface area contributed by atoms with Gasteiger partial charge in [0.25, 0.3) is 5.91 Å². The van der Waals surface area contributed by atoms with Gasteiger partial charge < -0.3 is 10.1 Å². The molecule has 1 aliphatic carbocycles. The second-order valence-corrected chi connectivity index (χ2v) is 9.86. The van der Waals surface area contributed by atoms with Gasteiger partial charge in [-0.05, 0) is 61.4 Å². The average Bonchev–Trinajstić information content (AvgIpc) is 3.34. The van der Waals surface area contributed by atoms with Crippen LogP contribution in [0.3, 0.4) is 0 Å². The smallest absolute Gasteiger partial charge is 0.338 e. The van der Waals surface area contributed by atoms with E-state index in [1.807, 2.05) is 18.2 Å². The third-order valence-electron chi connectivity index (χ3n) is 5.81. The van der Waals surface area contributed by atoms with Crippen molar-refractivity contribution in [2.45, 2.75) is 43.0 Å². The Morgan fingerprint density at radius 1 is 1.03 bits per heavy atom. The average molecular weight is 443 g/mol. The largest absolute Gasteiger partial charge is 0.452 e. The van der Waals surface area contributed by atoms with Crippen LogP contribution in [0, 0.1) is 0 Å². The molecule has 4 rings (SSSR count). The van der Waals surface area contributed by atoms with Crippen molar-refractivity contribution in [1.29, 1.82) is 0 Å². The summed E-state index contributed by atoms with van der Waals surface area (Å²) in [7, 11) is -3.63. The number of amides is 1. The summed E-state index contributed by atoms with van der Waals surface area (Å²) in [6.45, 7) is 0.559. The van der Waals surface area contributed by atoms with Crippen LogP contribution in [0.25, 0.3) is 0 Å². The van der Waals surface area contributed by atoms with Gasteiger partial charge in [0.05, 0.1) is 16.5 Å². The van der Waals surface area contributed by atoms with Crippen LogP contribution in [0.5, 0.6) is 0 Å². The molecule has 7 nitrogen and oxygen atoms in total. The molecule has 2 aliphatic rings. The maximum absolute atomic E-state index is 12.7. The Morgan fingerprint density at radius 2 is 1.81 bits per heavy atom. The van der Waals surface area contributed by atoms with Gasteiger partial charge in [-0.25, -0.2) is 13.2 Å². The lowest BCUT2D eigenvalue weighted by Gasteiger charge is -2.26. The molecular formula is C23H26N2O5S. The molecule has 0 spiro atoms. The Kier molecular flexibility index (Phi) is 6.38. The van der Waals surface area contributed by atoms with Gasteiger partial charge in [0.2, 0.25) is 10.0 Å². The Balaban J connectivity index is 1.37. The molecule has 2 aromatic rings. The number of esters is 1. The van der Waals surface area contributed by atoms with Gasteiger partial charge in [-0.1, -0.05) is 30.3 Å². The summed E-state index contributed by atoms with van der Waals surface area (Å²) >= 11 is 0. The van der Waals surface area contributed by atoms with Crippen molar-refractivity contribution < 1.29 is 22.7 Å². The fourth-order valence-corrected chi connectivity index (χ4v) is 5.78. The van der Waals surface area contributed by atoms with Crippen molar-refractivity contribution >= 4 is 21.9 Å². The number of rotatable bonds is 6. The Morgan fingerprint density at radius 3 is 2.61 bits per heavy atom. The molecule has 0 radical (unpaired) electrons. The number of ether oxygens (including phenoxy) is 1. The molecule has 1 aliphatic heterocycles. The molecular weight excluding hydrogens is 416 g/mol. The lowest BCUT2D eigenvalue weighted by Crippen LogP contribution is -2.34. The number of carbonyl (C=O) groups is 2. The van der Waals surface area contributed by atoms with Crippen molar-refractivity contribution in [3.63, 3.8) is 0 Å². The van der Waals surface area contributed by atoms with Gasteiger partial charge in [-0.3, -0.25) is 4.79 Å². The van der Waals surface area contributed by atoms with E-state index in [0.717, 1.165) is 37.7 Å². The van der Waals surface area contributed by atoms with Crippen LogP contribution in [0.2, 0.25) is 0 Å². The molecule has 0 saturated carbocycles. The minimum Gasteiger partial charge on any atom is -0.452 e. The van der Waals surface area contributed by atoms with E-state index in [-0.39, 0.29) is 22.4 Å². The fourth-order valence-electron chi connectivity index (χ4n) is 4.22. The molecule has 1 saturated heterocycles. The van der Waals surface area contributed by atoms with E-state index in [4.69, 9.17) is 4.74 Å². The van der Waals surface area contributed by atoms with Crippen molar-refractivity contribution in [3.8, 4) is 0 Å². The predicted molar refractivity (Wildman–Crippen MR) is 115 cm³/mol. The van der Waals surface area contributed by atoms with Crippen molar-refractivity contribution in [1.82, 2.24) is 9.62 Å². The van der Waals surface area contributed by atoms with E-state index in [0.29, 0.717) is 13.1 Å². The van der Waals surface area contributed by atoms with Crippen LogP contribution < -0.4 is 5.32 Å². The summed E-state index contributed by atoms with van der Waals surface area (Å²) < 4.78 is 32.0. The summed E-state index contributed by atoms with van der Waals surface area (Å²) in [4.78, 5) is 24.9. The standard InChI is InChI=1S/C23H26N2O5S/c26-22(24-21-12-6-8-17-7-1-2-11-20(17)21)16-30-23(27)18-9-5-10-19(15-18)31(28,29)25-13-3-4-14-25/h1-2,5,7,9-11,15,21H,3-4,6,8,12-14,16H2,(H,24,26)/t21-/m0/s1. The number of benzene rings is 2. The quantitative estimate of drug-likeness (QED) is 0.695. The summed E-state index contributed by atoms with van der Waals surface area (Å²) in [5.74, 6) is -1.10. The van der Waals surface area contributed by atoms with E-state index in [2.05, 4.69) is 11.4 Å². The molecule has 0 unspecified atom stereocenters. The molecule has 2 aromatic carbocycles. The molecule has 1 heterocycles. The van der Waals surface area contributed by atoms with Crippen LogP contribution in [0.1, 0.15) is 53.2 Å². The van der Waals surface area contributed by atoms with Crippen LogP contribution in [-0.2, 0) is 26.0 Å². The fraction of sp³-hybridized carbons (Fsp3) is 0.391. The zero-order valence-corrected chi connectivity index (χ0v) is 18.1. The Bertz CT molecular complexity index is 1080. The second-order valence-electron chi connectivity index (χ2n) is 7.93. The minimum absolute atomic E-state index is 0.0621. The number of sulfonamides is 1. The molecule has 0 aromatic heterocycles. The van der Waals surface area contributed by atoms with E-state index >= 15 is 0 Å². The lowest BCUT2D eigenvalue weighted by atomic mass is 9.88. The maximum Gasteiger partial charge on any atom is 0.338 e. The molecule has 1 amide bonds. The Labute approximate surface area is 182 Å². The first-order valence-corrected chi connectivity index (χ1v) is 12.0. The summed E-state index contributed by atoms with van der Waals surface area (Å²) in [6, 6.07) is 13.7. The maximum atomic E-state index is 12.7. The third kappa shape index (κ3) is 4.80. The summed E-state index contributed by atoms with van der Waals surface area (Å²) in [6.07, 6.45) is 4.49. The van der Waals surface area contributed by atoms with Crippen molar-refractivity contribution in [3.05, 3.63) is 65.2 Å². The van der Waals surface area contributed by atoms with E-state index in [1.54, 1.807) is 0 Å². The number of nitrogens with zero attached hydrogens (tertiary/aromatic N) is 1. The number of aryl methyl sites for hydroxylation is 1. The highest BCUT2D eigenvalue weighted by atomic mass is 32.2. The van der Waals surface area contributed by atoms with Crippen LogP contribution in [0.4, 0.5) is 0 Å². The molecule has 0 bridgehead atoms. The minimum atomic E-state index is -3.63. The highest BCUT2D eigenvalue weighted by Crippen LogP contribution is 2.29. The predicted octanol–water partition coefficient (Wildman–Crippen LogP) is 2.82. The van der Waals surface area contributed by atoms with Crippen LogP contribution in [-0.4, -0.2) is 44.3 Å². The summed E-state index contributed by atoms with van der Waals surface area (Å²) in [5.41, 5.74) is 2.44. The topological polar surface area (TPSA) is 92.8 Å². The first-order chi connectivity index (χ1) is 14.9. The third-order valence-corrected chi connectivity index (χ3v) is 7.71. The molecule has 1 N–H and O–H groups in total. The highest BCUT2D eigenvalue weighted by Gasteiger charge is 2.28. The Hall–Kier alpha value is -2.71. The number of hydrogen-bond acceptors (Lipinski definition) is 5. The van der Waals surface area contributed by atoms with Crippen molar-refractivity contribution in [2.75, 3.05) is 19.7 Å². The number of carbonyl (C=O) groups excluding carboxylic acids is 2. The van der Waals surface area contributed by atoms with E-state index in [9.17, 15) is 18.0 Å². The zero-order chi connectivity index (χ0) is 21.8. The van der Waals surface area contributed by atoms with E-state index in [1.165, 1.54) is 34.1 Å². The monoisotopic (exact) mass is 442 g/mol. The van der Waals surface area contributed by atoms with Gasteiger partial charge in [0, 0.05) is 13.1 Å². The van der Waals surface area contributed by atoms with Crippen molar-refractivity contribution in [2.24, 2.45) is 0 Å². The molecule has 1 atom stereocenters. The molecule has 31 heavy (non-hydrogen) atoms. The first kappa shape index (κ1) is 21.5. The van der Waals surface area contributed by atoms with E-state index < -0.39 is 22.6 Å². The lowest BCUT2D eigenvalue weighted by molar-refractivity contribution is -0.125. The SMILES string of the molecule is O=C(COC(=O)c1cccc(S(=O)(=O)N2CCCC2)c1)N[C@H]1CCCc2ccccc21. The highest BCUT2D eigenvalue weighted by molar-refractivity contribution is 7.89. The number of nitrogens with one attached hydrogen (secondary N) is 1. The molecule has 8 heteroatoms. The molecule has 1 fully saturated rings. The first-order valence-electron chi connectivity index (χ1n) is 10.6. The van der Waals surface area contributed by atoms with Gasteiger partial charge in [-0.15, -0.1) is 0 Å². The number of fused-ring (bicyclic) bond motifs is 1. The number of hydrogen-bond donors (Lipinski definition) is 1. The zero-order valence-electron chi connectivity index (χ0n) is 17.2. The van der Waals surface area contributed by atoms with Gasteiger partial charge in [-0.2, -0.15) is 4.31 Å². The van der Waals surface area contributed by atoms with Crippen LogP contribution >= 0.6 is 0 Å². The second kappa shape index (κ2) is 9.20. The van der Waals surface area contributed by atoms with Gasteiger partial charge in [0.1, 0.15) is 0 Å².